The molecule has 86 valence electrons. The Morgan fingerprint density at radius 2 is 1.93 bits per heavy atom. The van der Waals surface area contributed by atoms with Crippen molar-refractivity contribution in [3.05, 3.63) is 0 Å². The van der Waals surface area contributed by atoms with Crippen LogP contribution in [0.4, 0.5) is 0 Å². The van der Waals surface area contributed by atoms with Gasteiger partial charge in [-0.3, -0.25) is 4.79 Å². The Morgan fingerprint density at radius 1 is 1.40 bits per heavy atom. The highest BCUT2D eigenvalue weighted by molar-refractivity contribution is 5.82. The van der Waals surface area contributed by atoms with Crippen molar-refractivity contribution in [2.24, 2.45) is 5.92 Å². The van der Waals surface area contributed by atoms with Crippen LogP contribution < -0.4 is 0 Å². The highest BCUT2D eigenvalue weighted by Gasteiger charge is 2.23. The molecule has 0 radical (unpaired) electrons. The van der Waals surface area contributed by atoms with Crippen molar-refractivity contribution >= 4 is 11.7 Å². The minimum Gasteiger partial charge on any atom is -0.460 e. The second-order valence-electron chi connectivity index (χ2n) is 5.34. The molecule has 0 atom stereocenters. The van der Waals surface area contributed by atoms with Crippen molar-refractivity contribution in [2.45, 2.75) is 58.5 Å². The van der Waals surface area contributed by atoms with Crippen molar-refractivity contribution < 1.29 is 9.53 Å². The molecule has 3 nitrogen and oxygen atoms in total. The Labute approximate surface area is 91.7 Å². The van der Waals surface area contributed by atoms with Gasteiger partial charge in [0.1, 0.15) is 5.60 Å². The number of esters is 1. The lowest BCUT2D eigenvalue weighted by Gasteiger charge is -2.24. The van der Waals surface area contributed by atoms with Crippen molar-refractivity contribution in [3.63, 3.8) is 0 Å². The fourth-order valence-electron chi connectivity index (χ4n) is 1.85. The summed E-state index contributed by atoms with van der Waals surface area (Å²) in [4.78, 5) is 11.5. The smallest absolute Gasteiger partial charge is 0.306 e. The van der Waals surface area contributed by atoms with Gasteiger partial charge >= 0.3 is 5.97 Å². The number of carbonyl (C=O) groups excluding carboxylic acids is 1. The molecule has 0 aliphatic heterocycles. The molecule has 1 N–H and O–H groups in total. The molecule has 0 heterocycles. The maximum Gasteiger partial charge on any atom is 0.306 e. The van der Waals surface area contributed by atoms with Crippen LogP contribution in [0.1, 0.15) is 52.9 Å². The van der Waals surface area contributed by atoms with Crippen LogP contribution in [-0.4, -0.2) is 17.3 Å². The fraction of sp³-hybridized carbons (Fsp3) is 0.833. The normalized spacial score (nSPS) is 22.6. The van der Waals surface area contributed by atoms with Crippen molar-refractivity contribution in [2.75, 3.05) is 0 Å². The average Bonchev–Trinajstić information content (AvgIpc) is 2.05. The maximum absolute atomic E-state index is 11.5. The summed E-state index contributed by atoms with van der Waals surface area (Å²) in [6.45, 7) is 5.67. The van der Waals surface area contributed by atoms with E-state index in [4.69, 9.17) is 10.1 Å². The van der Waals surface area contributed by atoms with Crippen LogP contribution in [0.5, 0.6) is 0 Å². The molecule has 0 amide bonds. The Hall–Kier alpha value is -0.860. The van der Waals surface area contributed by atoms with Crippen LogP contribution in [0.3, 0.4) is 0 Å². The molecular weight excluding hydrogens is 190 g/mol. The summed E-state index contributed by atoms with van der Waals surface area (Å²) in [6, 6.07) is 0. The van der Waals surface area contributed by atoms with Crippen molar-refractivity contribution in [1.82, 2.24) is 0 Å². The van der Waals surface area contributed by atoms with Gasteiger partial charge in [0.15, 0.2) is 0 Å². The monoisotopic (exact) mass is 211 g/mol. The molecule has 3 heteroatoms. The summed E-state index contributed by atoms with van der Waals surface area (Å²) in [6.07, 6.45) is 4.17. The van der Waals surface area contributed by atoms with Gasteiger partial charge in [0.2, 0.25) is 0 Å². The van der Waals surface area contributed by atoms with Crippen LogP contribution in [-0.2, 0) is 9.53 Å². The first-order chi connectivity index (χ1) is 6.87. The van der Waals surface area contributed by atoms with Crippen LogP contribution in [0.25, 0.3) is 0 Å². The van der Waals surface area contributed by atoms with E-state index in [-0.39, 0.29) is 11.6 Å². The van der Waals surface area contributed by atoms with E-state index >= 15 is 0 Å². The molecule has 1 saturated carbocycles. The van der Waals surface area contributed by atoms with Gasteiger partial charge < -0.3 is 10.1 Å². The van der Waals surface area contributed by atoms with Gasteiger partial charge in [-0.2, -0.15) is 0 Å². The molecule has 0 aromatic heterocycles. The summed E-state index contributed by atoms with van der Waals surface area (Å²) in [5.74, 6) is 0.329. The molecule has 1 rings (SSSR count). The van der Waals surface area contributed by atoms with Gasteiger partial charge in [0, 0.05) is 12.1 Å². The second-order valence-corrected chi connectivity index (χ2v) is 5.34. The van der Waals surface area contributed by atoms with E-state index in [1.165, 1.54) is 0 Å². The zero-order valence-electron chi connectivity index (χ0n) is 9.93. The third kappa shape index (κ3) is 4.96. The largest absolute Gasteiger partial charge is 0.460 e. The summed E-state index contributed by atoms with van der Waals surface area (Å²) in [7, 11) is 0. The third-order valence-electron chi connectivity index (χ3n) is 2.58. The minimum atomic E-state index is -0.377. The predicted octanol–water partition coefficient (Wildman–Crippen LogP) is 2.93. The van der Waals surface area contributed by atoms with E-state index in [1.54, 1.807) is 0 Å². The molecule has 0 aromatic rings. The number of ether oxygens (including phenoxy) is 1. The van der Waals surface area contributed by atoms with Crippen LogP contribution in [0.15, 0.2) is 0 Å². The van der Waals surface area contributed by atoms with E-state index in [0.717, 1.165) is 31.4 Å². The zero-order chi connectivity index (χ0) is 11.5. The molecule has 0 aromatic carbocycles. The van der Waals surface area contributed by atoms with E-state index in [0.29, 0.717) is 12.3 Å². The molecule has 1 aliphatic carbocycles. The Balaban J connectivity index is 2.29. The van der Waals surface area contributed by atoms with Crippen molar-refractivity contribution in [1.29, 1.82) is 5.41 Å². The van der Waals surface area contributed by atoms with Gasteiger partial charge in [-0.1, -0.05) is 0 Å². The second kappa shape index (κ2) is 4.77. The highest BCUT2D eigenvalue weighted by Crippen LogP contribution is 2.25. The standard InChI is InChI=1S/C12H21NO2/c1-12(2,3)15-11(14)8-9-4-6-10(13)7-5-9/h9,13H,4-8H2,1-3H3. The van der Waals surface area contributed by atoms with Gasteiger partial charge in [0.05, 0.1) is 0 Å². The molecule has 0 saturated heterocycles. The van der Waals surface area contributed by atoms with Gasteiger partial charge in [-0.15, -0.1) is 0 Å². The molecule has 0 spiro atoms. The number of nitrogens with one attached hydrogen (secondary N) is 1. The van der Waals surface area contributed by atoms with E-state index in [9.17, 15) is 4.79 Å². The Morgan fingerprint density at radius 3 is 2.40 bits per heavy atom. The maximum atomic E-state index is 11.5. The first-order valence-electron chi connectivity index (χ1n) is 5.65. The van der Waals surface area contributed by atoms with Gasteiger partial charge in [-0.05, 0) is 52.4 Å². The number of hydrogen-bond donors (Lipinski definition) is 1. The first kappa shape index (κ1) is 12.2. The minimum absolute atomic E-state index is 0.0964. The molecular formula is C12H21NO2. The SMILES string of the molecule is CC(C)(C)OC(=O)CC1CCC(=N)CC1. The van der Waals surface area contributed by atoms with E-state index < -0.39 is 0 Å². The predicted molar refractivity (Wildman–Crippen MR) is 60.1 cm³/mol. The molecule has 1 fully saturated rings. The lowest BCUT2D eigenvalue weighted by atomic mass is 9.86. The third-order valence-corrected chi connectivity index (χ3v) is 2.58. The van der Waals surface area contributed by atoms with E-state index in [1.807, 2.05) is 20.8 Å². The number of rotatable bonds is 2. The molecule has 1 aliphatic rings. The summed E-state index contributed by atoms with van der Waals surface area (Å²) in [5, 5.41) is 7.49. The summed E-state index contributed by atoms with van der Waals surface area (Å²) < 4.78 is 5.27. The van der Waals surface area contributed by atoms with Crippen LogP contribution in [0.2, 0.25) is 0 Å². The lowest BCUT2D eigenvalue weighted by Crippen LogP contribution is -2.26. The zero-order valence-corrected chi connectivity index (χ0v) is 9.93. The quantitative estimate of drug-likeness (QED) is 0.714. The Bertz CT molecular complexity index is 243. The summed E-state index contributed by atoms with van der Waals surface area (Å²) >= 11 is 0. The van der Waals surface area contributed by atoms with Gasteiger partial charge in [0.25, 0.3) is 0 Å². The Kier molecular flexibility index (Phi) is 3.89. The van der Waals surface area contributed by atoms with Crippen LogP contribution in [0, 0.1) is 11.3 Å². The average molecular weight is 211 g/mol. The number of hydrogen-bond acceptors (Lipinski definition) is 3. The van der Waals surface area contributed by atoms with Crippen molar-refractivity contribution in [3.8, 4) is 0 Å². The highest BCUT2D eigenvalue weighted by atomic mass is 16.6. The number of carbonyl (C=O) groups is 1. The van der Waals surface area contributed by atoms with Gasteiger partial charge in [-0.25, -0.2) is 0 Å². The van der Waals surface area contributed by atoms with Crippen LogP contribution >= 0.6 is 0 Å². The fourth-order valence-corrected chi connectivity index (χ4v) is 1.85. The topological polar surface area (TPSA) is 50.2 Å². The van der Waals surface area contributed by atoms with E-state index in [2.05, 4.69) is 0 Å². The summed E-state index contributed by atoms with van der Waals surface area (Å²) in [5.41, 5.74) is 0.453. The molecule has 0 unspecified atom stereocenters. The first-order valence-corrected chi connectivity index (χ1v) is 5.65. The molecule has 15 heavy (non-hydrogen) atoms. The molecule has 0 bridgehead atoms. The lowest BCUT2D eigenvalue weighted by molar-refractivity contribution is -0.156.